The van der Waals surface area contributed by atoms with Crippen LogP contribution in [-0.2, 0) is 6.54 Å². The lowest BCUT2D eigenvalue weighted by atomic mass is 10.0. The highest BCUT2D eigenvalue weighted by Gasteiger charge is 2.52. The van der Waals surface area contributed by atoms with E-state index in [0.717, 1.165) is 36.7 Å². The number of aliphatic hydroxyl groups is 2. The largest absolute Gasteiger partial charge is 0.444 e. The van der Waals surface area contributed by atoms with Gasteiger partial charge in [-0.2, -0.15) is 22.0 Å². The summed E-state index contributed by atoms with van der Waals surface area (Å²) in [5.74, 6) is -1.69. The highest BCUT2D eigenvalue weighted by molar-refractivity contribution is 5.65. The number of ether oxygens (including phenoxy) is 1. The number of aromatic nitrogens is 1. The summed E-state index contributed by atoms with van der Waals surface area (Å²) < 4.78 is 84.3. The molecule has 1 aromatic carbocycles. The first-order chi connectivity index (χ1) is 12.5. The molecular weight excluding hydrogens is 382 g/mol. The molecule has 2 N–H and O–H groups in total. The van der Waals surface area contributed by atoms with Crippen molar-refractivity contribution < 1.29 is 41.3 Å². The van der Waals surface area contributed by atoms with Gasteiger partial charge in [-0.15, -0.1) is 0 Å². The van der Waals surface area contributed by atoms with Crippen molar-refractivity contribution >= 4 is 5.69 Å². The number of halogens is 6. The summed E-state index contributed by atoms with van der Waals surface area (Å²) in [4.78, 5) is 4.20. The number of benzene rings is 1. The second kappa shape index (κ2) is 6.57. The smallest absolute Gasteiger partial charge is 0.427 e. The standard InChI is InChI=1S/C16H12F6N2O3/c17-9-4-8(5-23-6-9)7-24-11-3-1-2-10(13(25)15(18,19)20)12(11)27-16(21,22)14(24)26/h1-6,13-14,25-26H,7H2. The molecule has 2 heterocycles. The Bertz CT molecular complexity index is 845. The first-order valence-electron chi connectivity index (χ1n) is 7.49. The summed E-state index contributed by atoms with van der Waals surface area (Å²) in [6.07, 6.45) is -13.0. The predicted octanol–water partition coefficient (Wildman–Crippen LogP) is 3.13. The fourth-order valence-electron chi connectivity index (χ4n) is 2.68. The van der Waals surface area contributed by atoms with Crippen LogP contribution in [0.3, 0.4) is 0 Å². The van der Waals surface area contributed by atoms with Crippen LogP contribution in [0.5, 0.6) is 5.75 Å². The molecule has 0 saturated carbocycles. The van der Waals surface area contributed by atoms with Gasteiger partial charge in [-0.05, 0) is 17.7 Å². The maximum absolute atomic E-state index is 14.1. The Hall–Kier alpha value is -2.53. The lowest BCUT2D eigenvalue weighted by Crippen LogP contribution is -2.54. The lowest BCUT2D eigenvalue weighted by molar-refractivity contribution is -0.248. The van der Waals surface area contributed by atoms with Gasteiger partial charge in [-0.25, -0.2) is 4.39 Å². The molecular formula is C16H12F6N2O3. The average Bonchev–Trinajstić information content (AvgIpc) is 2.57. The predicted molar refractivity (Wildman–Crippen MR) is 79.4 cm³/mol. The van der Waals surface area contributed by atoms with Crippen LogP contribution >= 0.6 is 0 Å². The molecule has 0 saturated heterocycles. The minimum atomic E-state index is -5.12. The molecule has 0 amide bonds. The third kappa shape index (κ3) is 3.65. The van der Waals surface area contributed by atoms with Crippen LogP contribution < -0.4 is 9.64 Å². The number of aliphatic hydroxyl groups excluding tert-OH is 2. The molecule has 1 aromatic heterocycles. The van der Waals surface area contributed by atoms with Gasteiger partial charge in [-0.1, -0.05) is 12.1 Å². The van der Waals surface area contributed by atoms with E-state index in [2.05, 4.69) is 9.72 Å². The van der Waals surface area contributed by atoms with Gasteiger partial charge in [0.2, 0.25) is 6.23 Å². The van der Waals surface area contributed by atoms with Gasteiger partial charge in [0.15, 0.2) is 11.9 Å². The SMILES string of the molecule is OC(c1cccc2c1OC(F)(F)C(O)N2Cc1cncc(F)c1)C(F)(F)F. The van der Waals surface area contributed by atoms with E-state index in [1.807, 2.05) is 0 Å². The summed E-state index contributed by atoms with van der Waals surface area (Å²) in [5, 5.41) is 19.4. The molecule has 1 aliphatic rings. The molecule has 146 valence electrons. The fraction of sp³-hybridized carbons (Fsp3) is 0.312. The lowest BCUT2D eigenvalue weighted by Gasteiger charge is -2.40. The van der Waals surface area contributed by atoms with Gasteiger partial charge in [0.1, 0.15) is 5.82 Å². The second-order valence-corrected chi connectivity index (χ2v) is 5.82. The van der Waals surface area contributed by atoms with E-state index in [4.69, 9.17) is 0 Å². The number of para-hydroxylation sites is 1. The number of hydrogen-bond acceptors (Lipinski definition) is 5. The monoisotopic (exact) mass is 394 g/mol. The van der Waals surface area contributed by atoms with Gasteiger partial charge in [0.05, 0.1) is 11.9 Å². The maximum Gasteiger partial charge on any atom is 0.444 e. The van der Waals surface area contributed by atoms with Crippen molar-refractivity contribution in [3.63, 3.8) is 0 Å². The zero-order chi connectivity index (χ0) is 20.0. The highest BCUT2D eigenvalue weighted by Crippen LogP contribution is 2.48. The molecule has 2 atom stereocenters. The topological polar surface area (TPSA) is 65.8 Å². The normalized spacial score (nSPS) is 20.0. The second-order valence-electron chi connectivity index (χ2n) is 5.82. The Morgan fingerprint density at radius 2 is 1.96 bits per heavy atom. The van der Waals surface area contributed by atoms with E-state index in [1.54, 1.807) is 0 Å². The van der Waals surface area contributed by atoms with Crippen molar-refractivity contribution in [1.29, 1.82) is 0 Å². The zero-order valence-corrected chi connectivity index (χ0v) is 13.3. The van der Waals surface area contributed by atoms with Crippen LogP contribution in [0, 0.1) is 5.82 Å². The van der Waals surface area contributed by atoms with Crippen LogP contribution in [0.15, 0.2) is 36.7 Å². The molecule has 5 nitrogen and oxygen atoms in total. The Labute approximate surface area is 148 Å². The molecule has 2 aromatic rings. The Morgan fingerprint density at radius 1 is 1.26 bits per heavy atom. The van der Waals surface area contributed by atoms with Crippen molar-refractivity contribution in [1.82, 2.24) is 4.98 Å². The minimum Gasteiger partial charge on any atom is -0.427 e. The maximum atomic E-state index is 14.1. The molecule has 27 heavy (non-hydrogen) atoms. The number of pyridine rings is 1. The Kier molecular flexibility index (Phi) is 4.68. The molecule has 3 rings (SSSR count). The number of fused-ring (bicyclic) bond motifs is 1. The van der Waals surface area contributed by atoms with E-state index < -0.39 is 48.3 Å². The summed E-state index contributed by atoms with van der Waals surface area (Å²) in [6, 6.07) is 3.97. The molecule has 0 bridgehead atoms. The van der Waals surface area contributed by atoms with Crippen LogP contribution in [0.25, 0.3) is 0 Å². The molecule has 0 aliphatic carbocycles. The van der Waals surface area contributed by atoms with Gasteiger partial charge < -0.3 is 19.8 Å². The molecule has 0 fully saturated rings. The van der Waals surface area contributed by atoms with Gasteiger partial charge >= 0.3 is 12.3 Å². The van der Waals surface area contributed by atoms with E-state index in [0.29, 0.717) is 4.90 Å². The summed E-state index contributed by atoms with van der Waals surface area (Å²) in [6.45, 7) is -0.497. The van der Waals surface area contributed by atoms with Crippen LogP contribution in [-0.4, -0.2) is 33.7 Å². The van der Waals surface area contributed by atoms with Crippen molar-refractivity contribution in [2.45, 2.75) is 31.2 Å². The molecule has 11 heteroatoms. The molecule has 1 aliphatic heterocycles. The van der Waals surface area contributed by atoms with E-state index in [-0.39, 0.29) is 11.3 Å². The third-order valence-corrected chi connectivity index (χ3v) is 3.89. The summed E-state index contributed by atoms with van der Waals surface area (Å²) in [7, 11) is 0. The van der Waals surface area contributed by atoms with Crippen molar-refractivity contribution in [3.05, 3.63) is 53.6 Å². The molecule has 0 radical (unpaired) electrons. The van der Waals surface area contributed by atoms with Gasteiger partial charge in [-0.3, -0.25) is 4.98 Å². The van der Waals surface area contributed by atoms with Crippen molar-refractivity contribution in [2.24, 2.45) is 0 Å². The fourth-order valence-corrected chi connectivity index (χ4v) is 2.68. The van der Waals surface area contributed by atoms with E-state index >= 15 is 0 Å². The number of alkyl halides is 5. The zero-order valence-electron chi connectivity index (χ0n) is 13.3. The third-order valence-electron chi connectivity index (χ3n) is 3.89. The number of anilines is 1. The number of rotatable bonds is 3. The van der Waals surface area contributed by atoms with Crippen molar-refractivity contribution in [2.75, 3.05) is 4.90 Å². The Morgan fingerprint density at radius 3 is 2.59 bits per heavy atom. The van der Waals surface area contributed by atoms with E-state index in [9.17, 15) is 36.6 Å². The van der Waals surface area contributed by atoms with Gasteiger partial charge in [0, 0.05) is 18.3 Å². The average molecular weight is 394 g/mol. The minimum absolute atomic E-state index is 0.0828. The van der Waals surface area contributed by atoms with Crippen molar-refractivity contribution in [3.8, 4) is 5.75 Å². The number of hydrogen-bond donors (Lipinski definition) is 2. The van der Waals surface area contributed by atoms with E-state index in [1.165, 1.54) is 0 Å². The number of nitrogens with zero attached hydrogens (tertiary/aromatic N) is 2. The quantitative estimate of drug-likeness (QED) is 0.784. The Balaban J connectivity index is 2.09. The first-order valence-corrected chi connectivity index (χ1v) is 7.49. The van der Waals surface area contributed by atoms with Gasteiger partial charge in [0.25, 0.3) is 0 Å². The van der Waals surface area contributed by atoms with Crippen LogP contribution in [0.2, 0.25) is 0 Å². The first kappa shape index (κ1) is 19.2. The van der Waals surface area contributed by atoms with Crippen LogP contribution in [0.1, 0.15) is 17.2 Å². The summed E-state index contributed by atoms with van der Waals surface area (Å²) >= 11 is 0. The molecule has 0 spiro atoms. The highest BCUT2D eigenvalue weighted by atomic mass is 19.4. The summed E-state index contributed by atoms with van der Waals surface area (Å²) in [5.41, 5.74) is -1.17. The molecule has 2 unspecified atom stereocenters. The van der Waals surface area contributed by atoms with Crippen LogP contribution in [0.4, 0.5) is 32.0 Å².